The van der Waals surface area contributed by atoms with Crippen LogP contribution in [0.2, 0.25) is 0 Å². The first-order chi connectivity index (χ1) is 9.24. The highest BCUT2D eigenvalue weighted by Gasteiger charge is 2.26. The summed E-state index contributed by atoms with van der Waals surface area (Å²) < 4.78 is 17.3. The van der Waals surface area contributed by atoms with Crippen LogP contribution in [0.5, 0.6) is 0 Å². The van der Waals surface area contributed by atoms with Crippen molar-refractivity contribution >= 4 is 0 Å². The zero-order chi connectivity index (χ0) is 13.5. The van der Waals surface area contributed by atoms with Crippen LogP contribution in [-0.2, 0) is 14.2 Å². The van der Waals surface area contributed by atoms with Crippen molar-refractivity contribution in [3.8, 4) is 0 Å². The highest BCUT2D eigenvalue weighted by atomic mass is 16.6. The van der Waals surface area contributed by atoms with Gasteiger partial charge in [-0.3, -0.25) is 0 Å². The maximum absolute atomic E-state index is 6.02. The van der Waals surface area contributed by atoms with Gasteiger partial charge in [-0.25, -0.2) is 0 Å². The lowest BCUT2D eigenvalue weighted by Crippen LogP contribution is -2.31. The lowest BCUT2D eigenvalue weighted by molar-refractivity contribution is -0.0732. The molecule has 112 valence electrons. The minimum atomic E-state index is 0.300. The van der Waals surface area contributed by atoms with Crippen molar-refractivity contribution in [2.75, 3.05) is 32.9 Å². The third-order valence-corrected chi connectivity index (χ3v) is 3.81. The van der Waals surface area contributed by atoms with Gasteiger partial charge in [0.25, 0.3) is 0 Å². The van der Waals surface area contributed by atoms with Crippen LogP contribution in [0.15, 0.2) is 0 Å². The van der Waals surface area contributed by atoms with E-state index in [1.54, 1.807) is 0 Å². The fraction of sp³-hybridized carbons (Fsp3) is 1.00. The minimum absolute atomic E-state index is 0.300. The van der Waals surface area contributed by atoms with E-state index in [0.717, 1.165) is 58.6 Å². The van der Waals surface area contributed by atoms with Crippen LogP contribution in [0.1, 0.15) is 39.5 Å². The van der Waals surface area contributed by atoms with E-state index in [1.165, 1.54) is 0 Å². The Morgan fingerprint density at radius 1 is 1.11 bits per heavy atom. The maximum Gasteiger partial charge on any atom is 0.0814 e. The molecule has 0 aliphatic carbocycles. The minimum Gasteiger partial charge on any atom is -0.381 e. The second kappa shape index (κ2) is 8.20. The lowest BCUT2D eigenvalue weighted by atomic mass is 10.1. The zero-order valence-corrected chi connectivity index (χ0v) is 12.4. The molecule has 0 saturated carbocycles. The average Bonchev–Trinajstić information content (AvgIpc) is 2.85. The summed E-state index contributed by atoms with van der Waals surface area (Å²) in [6, 6.07) is 0. The van der Waals surface area contributed by atoms with E-state index in [4.69, 9.17) is 14.2 Å². The molecule has 2 fully saturated rings. The van der Waals surface area contributed by atoms with Crippen molar-refractivity contribution < 1.29 is 14.2 Å². The van der Waals surface area contributed by atoms with Gasteiger partial charge in [-0.2, -0.15) is 0 Å². The SMILES string of the molecule is CC(C)CNCC1CCC(COC2CCOCC2)O1. The Morgan fingerprint density at radius 3 is 2.58 bits per heavy atom. The molecule has 0 aromatic rings. The number of hydrogen-bond acceptors (Lipinski definition) is 4. The Morgan fingerprint density at radius 2 is 1.84 bits per heavy atom. The van der Waals surface area contributed by atoms with Crippen LogP contribution < -0.4 is 5.32 Å². The highest BCUT2D eigenvalue weighted by Crippen LogP contribution is 2.21. The van der Waals surface area contributed by atoms with E-state index < -0.39 is 0 Å². The number of nitrogens with one attached hydrogen (secondary N) is 1. The summed E-state index contributed by atoms with van der Waals surface area (Å²) in [4.78, 5) is 0. The van der Waals surface area contributed by atoms with Crippen molar-refractivity contribution in [1.82, 2.24) is 5.32 Å². The predicted molar refractivity (Wildman–Crippen MR) is 75.4 cm³/mol. The summed E-state index contributed by atoms with van der Waals surface area (Å²) in [5.74, 6) is 0.703. The van der Waals surface area contributed by atoms with Crippen LogP contribution in [-0.4, -0.2) is 51.2 Å². The number of rotatable bonds is 7. The Hall–Kier alpha value is -0.160. The van der Waals surface area contributed by atoms with Crippen molar-refractivity contribution in [2.45, 2.75) is 57.8 Å². The van der Waals surface area contributed by atoms with Gasteiger partial charge in [0.05, 0.1) is 24.9 Å². The summed E-state index contributed by atoms with van der Waals surface area (Å²) >= 11 is 0. The Balaban J connectivity index is 1.54. The highest BCUT2D eigenvalue weighted by molar-refractivity contribution is 4.76. The molecule has 0 bridgehead atoms. The van der Waals surface area contributed by atoms with E-state index in [9.17, 15) is 0 Å². The van der Waals surface area contributed by atoms with E-state index >= 15 is 0 Å². The van der Waals surface area contributed by atoms with Crippen molar-refractivity contribution in [3.63, 3.8) is 0 Å². The van der Waals surface area contributed by atoms with E-state index in [1.807, 2.05) is 0 Å². The van der Waals surface area contributed by atoms with Gasteiger partial charge in [-0.05, 0) is 38.1 Å². The molecule has 2 unspecified atom stereocenters. The van der Waals surface area contributed by atoms with Crippen LogP contribution in [0, 0.1) is 5.92 Å². The van der Waals surface area contributed by atoms with Crippen LogP contribution in [0.25, 0.3) is 0 Å². The molecule has 4 nitrogen and oxygen atoms in total. The molecule has 2 heterocycles. The van der Waals surface area contributed by atoms with Gasteiger partial charge in [0, 0.05) is 19.8 Å². The second-order valence-electron chi connectivity index (χ2n) is 6.15. The van der Waals surface area contributed by atoms with Gasteiger partial charge in [-0.15, -0.1) is 0 Å². The summed E-state index contributed by atoms with van der Waals surface area (Å²) in [6.45, 7) is 8.95. The molecular weight excluding hydrogens is 242 g/mol. The van der Waals surface area contributed by atoms with Crippen LogP contribution in [0.4, 0.5) is 0 Å². The van der Waals surface area contributed by atoms with Crippen molar-refractivity contribution in [1.29, 1.82) is 0 Å². The molecule has 1 N–H and O–H groups in total. The summed E-state index contributed by atoms with van der Waals surface area (Å²) in [5, 5.41) is 3.47. The molecule has 2 aliphatic heterocycles. The number of hydrogen-bond donors (Lipinski definition) is 1. The largest absolute Gasteiger partial charge is 0.381 e. The van der Waals surface area contributed by atoms with Gasteiger partial charge < -0.3 is 19.5 Å². The quantitative estimate of drug-likeness (QED) is 0.768. The molecular formula is C15H29NO3. The second-order valence-corrected chi connectivity index (χ2v) is 6.15. The normalized spacial score (nSPS) is 29.2. The lowest BCUT2D eigenvalue weighted by Gasteiger charge is -2.24. The maximum atomic E-state index is 6.02. The van der Waals surface area contributed by atoms with E-state index in [0.29, 0.717) is 24.2 Å². The Bertz CT molecular complexity index is 242. The molecule has 0 amide bonds. The first-order valence-corrected chi connectivity index (χ1v) is 7.79. The zero-order valence-electron chi connectivity index (χ0n) is 12.4. The van der Waals surface area contributed by atoms with Crippen LogP contribution >= 0.6 is 0 Å². The Kier molecular flexibility index (Phi) is 6.57. The van der Waals surface area contributed by atoms with E-state index in [2.05, 4.69) is 19.2 Å². The standard InChI is InChI=1S/C15H29NO3/c1-12(2)9-16-10-14-3-4-15(19-14)11-18-13-5-7-17-8-6-13/h12-16H,3-11H2,1-2H3. The third-order valence-electron chi connectivity index (χ3n) is 3.81. The summed E-state index contributed by atoms with van der Waals surface area (Å²) in [5.41, 5.74) is 0. The predicted octanol–water partition coefficient (Wildman–Crippen LogP) is 1.98. The Labute approximate surface area is 117 Å². The fourth-order valence-electron chi connectivity index (χ4n) is 2.67. The van der Waals surface area contributed by atoms with Gasteiger partial charge in [0.15, 0.2) is 0 Å². The molecule has 0 radical (unpaired) electrons. The van der Waals surface area contributed by atoms with Crippen LogP contribution in [0.3, 0.4) is 0 Å². The molecule has 0 aromatic heterocycles. The molecule has 2 rings (SSSR count). The van der Waals surface area contributed by atoms with Gasteiger partial charge in [0.2, 0.25) is 0 Å². The summed E-state index contributed by atoms with van der Waals surface area (Å²) in [6.07, 6.45) is 5.42. The monoisotopic (exact) mass is 271 g/mol. The van der Waals surface area contributed by atoms with Gasteiger partial charge in [0.1, 0.15) is 0 Å². The molecule has 2 saturated heterocycles. The molecule has 0 spiro atoms. The first kappa shape index (κ1) is 15.2. The molecule has 4 heteroatoms. The molecule has 2 aliphatic rings. The molecule has 0 aromatic carbocycles. The van der Waals surface area contributed by atoms with Gasteiger partial charge >= 0.3 is 0 Å². The third kappa shape index (κ3) is 5.78. The molecule has 2 atom stereocenters. The first-order valence-electron chi connectivity index (χ1n) is 7.79. The smallest absolute Gasteiger partial charge is 0.0814 e. The molecule has 19 heavy (non-hydrogen) atoms. The topological polar surface area (TPSA) is 39.7 Å². The van der Waals surface area contributed by atoms with E-state index in [-0.39, 0.29) is 0 Å². The number of ether oxygens (including phenoxy) is 3. The van der Waals surface area contributed by atoms with Crippen molar-refractivity contribution in [3.05, 3.63) is 0 Å². The fourth-order valence-corrected chi connectivity index (χ4v) is 2.67. The van der Waals surface area contributed by atoms with Crippen molar-refractivity contribution in [2.24, 2.45) is 5.92 Å². The summed E-state index contributed by atoms with van der Waals surface area (Å²) in [7, 11) is 0. The average molecular weight is 271 g/mol. The van der Waals surface area contributed by atoms with Gasteiger partial charge in [-0.1, -0.05) is 13.8 Å².